The van der Waals surface area contributed by atoms with E-state index < -0.39 is 0 Å². The Balaban J connectivity index is 1.66. The van der Waals surface area contributed by atoms with E-state index in [1.807, 2.05) is 19.2 Å². The monoisotopic (exact) mass is 329 g/mol. The van der Waals surface area contributed by atoms with Gasteiger partial charge in [-0.05, 0) is 25.1 Å². The average Bonchev–Trinajstić information content (AvgIpc) is 3.19. The SMILES string of the molecule is Cn1nc(C2=CCCNC2)nc1Nc1ccc2[nH]ncc2c1Cl. The molecule has 8 heteroatoms. The molecule has 4 rings (SSSR count). The molecule has 0 amide bonds. The molecular formula is C15H16ClN7. The van der Waals surface area contributed by atoms with Crippen molar-refractivity contribution in [1.29, 1.82) is 0 Å². The maximum Gasteiger partial charge on any atom is 0.225 e. The molecule has 0 unspecified atom stereocenters. The lowest BCUT2D eigenvalue weighted by Gasteiger charge is -2.10. The van der Waals surface area contributed by atoms with Crippen molar-refractivity contribution < 1.29 is 0 Å². The number of nitrogens with zero attached hydrogens (tertiary/aromatic N) is 4. The highest BCUT2D eigenvalue weighted by Gasteiger charge is 2.15. The van der Waals surface area contributed by atoms with E-state index in [9.17, 15) is 0 Å². The van der Waals surface area contributed by atoms with Gasteiger partial charge in [-0.2, -0.15) is 10.1 Å². The van der Waals surface area contributed by atoms with E-state index in [2.05, 4.69) is 37.0 Å². The summed E-state index contributed by atoms with van der Waals surface area (Å²) in [6.07, 6.45) is 4.89. The standard InChI is InChI=1S/C15H16ClN7/c1-23-15(20-14(22-23)9-3-2-6-17-7-9)19-12-5-4-11-10(13(12)16)8-18-21-11/h3-5,8,17H,2,6-7H2,1H3,(H,18,21)(H,19,20,22). The largest absolute Gasteiger partial charge is 0.323 e. The fourth-order valence-corrected chi connectivity index (χ4v) is 2.90. The summed E-state index contributed by atoms with van der Waals surface area (Å²) in [7, 11) is 1.86. The Morgan fingerprint density at radius 3 is 3.09 bits per heavy atom. The minimum atomic E-state index is 0.611. The summed E-state index contributed by atoms with van der Waals surface area (Å²) in [6, 6.07) is 3.83. The van der Waals surface area contributed by atoms with Gasteiger partial charge in [0.05, 0.1) is 22.4 Å². The van der Waals surface area contributed by atoms with Crippen molar-refractivity contribution in [2.24, 2.45) is 7.05 Å². The predicted molar refractivity (Wildman–Crippen MR) is 90.9 cm³/mol. The number of hydrogen-bond donors (Lipinski definition) is 3. The number of hydrogen-bond acceptors (Lipinski definition) is 5. The molecule has 0 saturated carbocycles. The first-order valence-electron chi connectivity index (χ1n) is 7.42. The smallest absolute Gasteiger partial charge is 0.225 e. The van der Waals surface area contributed by atoms with Gasteiger partial charge in [0.2, 0.25) is 5.95 Å². The summed E-state index contributed by atoms with van der Waals surface area (Å²) in [5.41, 5.74) is 2.80. The second-order valence-corrected chi connectivity index (χ2v) is 5.84. The molecule has 7 nitrogen and oxygen atoms in total. The van der Waals surface area contributed by atoms with Gasteiger partial charge in [0, 0.05) is 24.6 Å². The number of aromatic nitrogens is 5. The molecule has 0 bridgehead atoms. The summed E-state index contributed by atoms with van der Waals surface area (Å²) in [6.45, 7) is 1.80. The topological polar surface area (TPSA) is 83.5 Å². The summed E-state index contributed by atoms with van der Waals surface area (Å²) >= 11 is 6.44. The Bertz CT molecular complexity index is 893. The fraction of sp³-hybridized carbons (Fsp3) is 0.267. The molecule has 1 aromatic carbocycles. The average molecular weight is 330 g/mol. The van der Waals surface area contributed by atoms with Crippen LogP contribution >= 0.6 is 11.6 Å². The van der Waals surface area contributed by atoms with Gasteiger partial charge in [-0.15, -0.1) is 5.10 Å². The van der Waals surface area contributed by atoms with E-state index in [-0.39, 0.29) is 0 Å². The molecular weight excluding hydrogens is 314 g/mol. The van der Waals surface area contributed by atoms with Gasteiger partial charge in [-0.25, -0.2) is 4.68 Å². The summed E-state index contributed by atoms with van der Waals surface area (Å²) in [5.74, 6) is 1.39. The van der Waals surface area contributed by atoms with Crippen molar-refractivity contribution >= 4 is 39.7 Å². The zero-order valence-corrected chi connectivity index (χ0v) is 13.4. The molecule has 0 saturated heterocycles. The molecule has 1 aliphatic heterocycles. The number of aryl methyl sites for hydroxylation is 1. The van der Waals surface area contributed by atoms with Crippen LogP contribution in [0.1, 0.15) is 12.2 Å². The lowest BCUT2D eigenvalue weighted by atomic mass is 10.1. The van der Waals surface area contributed by atoms with Crippen LogP contribution in [0, 0.1) is 0 Å². The number of fused-ring (bicyclic) bond motifs is 1. The van der Waals surface area contributed by atoms with Crippen LogP contribution in [-0.2, 0) is 7.05 Å². The van der Waals surface area contributed by atoms with E-state index in [0.29, 0.717) is 11.0 Å². The van der Waals surface area contributed by atoms with Crippen molar-refractivity contribution in [3.05, 3.63) is 35.3 Å². The van der Waals surface area contributed by atoms with Crippen LogP contribution in [0.2, 0.25) is 5.02 Å². The molecule has 3 aromatic rings. The van der Waals surface area contributed by atoms with Crippen LogP contribution in [0.15, 0.2) is 24.4 Å². The molecule has 3 heterocycles. The second-order valence-electron chi connectivity index (χ2n) is 5.46. The van der Waals surface area contributed by atoms with Gasteiger partial charge in [0.25, 0.3) is 0 Å². The van der Waals surface area contributed by atoms with Crippen LogP contribution in [-0.4, -0.2) is 38.1 Å². The van der Waals surface area contributed by atoms with E-state index in [1.54, 1.807) is 10.9 Å². The number of halogens is 1. The molecule has 23 heavy (non-hydrogen) atoms. The van der Waals surface area contributed by atoms with E-state index in [1.165, 1.54) is 0 Å². The van der Waals surface area contributed by atoms with Gasteiger partial charge in [-0.3, -0.25) is 5.10 Å². The van der Waals surface area contributed by atoms with Crippen molar-refractivity contribution in [3.63, 3.8) is 0 Å². The summed E-state index contributed by atoms with van der Waals surface area (Å²) < 4.78 is 1.72. The summed E-state index contributed by atoms with van der Waals surface area (Å²) in [4.78, 5) is 4.59. The second kappa shape index (κ2) is 5.68. The Kier molecular flexibility index (Phi) is 3.51. The van der Waals surface area contributed by atoms with Gasteiger partial charge in [-0.1, -0.05) is 17.7 Å². The first-order chi connectivity index (χ1) is 11.2. The number of nitrogens with one attached hydrogen (secondary N) is 3. The molecule has 0 spiro atoms. The highest BCUT2D eigenvalue weighted by molar-refractivity contribution is 6.38. The molecule has 0 atom stereocenters. The van der Waals surface area contributed by atoms with Gasteiger partial charge in [0.15, 0.2) is 5.82 Å². The van der Waals surface area contributed by atoms with E-state index in [0.717, 1.165) is 47.5 Å². The highest BCUT2D eigenvalue weighted by Crippen LogP contribution is 2.31. The van der Waals surface area contributed by atoms with Crippen LogP contribution in [0.3, 0.4) is 0 Å². The van der Waals surface area contributed by atoms with Crippen LogP contribution in [0.4, 0.5) is 11.6 Å². The van der Waals surface area contributed by atoms with E-state index >= 15 is 0 Å². The van der Waals surface area contributed by atoms with Crippen molar-refractivity contribution in [2.75, 3.05) is 18.4 Å². The third-order valence-corrected chi connectivity index (χ3v) is 4.29. The maximum atomic E-state index is 6.44. The molecule has 0 aliphatic carbocycles. The summed E-state index contributed by atoms with van der Waals surface area (Å²) in [5, 5.41) is 19.5. The number of benzene rings is 1. The molecule has 1 aliphatic rings. The molecule has 118 valence electrons. The minimum Gasteiger partial charge on any atom is -0.323 e. The Hall–Kier alpha value is -2.38. The third kappa shape index (κ3) is 2.58. The molecule has 0 radical (unpaired) electrons. The van der Waals surface area contributed by atoms with Crippen molar-refractivity contribution in [3.8, 4) is 0 Å². The van der Waals surface area contributed by atoms with Crippen LogP contribution in [0.5, 0.6) is 0 Å². The van der Waals surface area contributed by atoms with Gasteiger partial charge in [0.1, 0.15) is 0 Å². The van der Waals surface area contributed by atoms with Crippen molar-refractivity contribution in [1.82, 2.24) is 30.3 Å². The van der Waals surface area contributed by atoms with E-state index in [4.69, 9.17) is 11.6 Å². The molecule has 0 fully saturated rings. The first kappa shape index (κ1) is 14.2. The predicted octanol–water partition coefficient (Wildman–Crippen LogP) is 2.47. The quantitative estimate of drug-likeness (QED) is 0.687. The third-order valence-electron chi connectivity index (χ3n) is 3.88. The lowest BCUT2D eigenvalue weighted by molar-refractivity contribution is 0.727. The van der Waals surface area contributed by atoms with Gasteiger partial charge < -0.3 is 10.6 Å². The zero-order chi connectivity index (χ0) is 15.8. The normalized spacial score (nSPS) is 15.0. The van der Waals surface area contributed by atoms with Crippen LogP contribution < -0.4 is 10.6 Å². The fourth-order valence-electron chi connectivity index (χ4n) is 2.64. The number of aromatic amines is 1. The Morgan fingerprint density at radius 1 is 1.35 bits per heavy atom. The highest BCUT2D eigenvalue weighted by atomic mass is 35.5. The molecule has 2 aromatic heterocycles. The lowest BCUT2D eigenvalue weighted by Crippen LogP contribution is -2.21. The first-order valence-corrected chi connectivity index (χ1v) is 7.80. The van der Waals surface area contributed by atoms with Gasteiger partial charge >= 0.3 is 0 Å². The molecule has 3 N–H and O–H groups in total. The number of rotatable bonds is 3. The zero-order valence-electron chi connectivity index (χ0n) is 12.6. The Labute approximate surface area is 137 Å². The minimum absolute atomic E-state index is 0.611. The van der Waals surface area contributed by atoms with Crippen molar-refractivity contribution in [2.45, 2.75) is 6.42 Å². The Morgan fingerprint density at radius 2 is 2.26 bits per heavy atom. The van der Waals surface area contributed by atoms with Crippen LogP contribution in [0.25, 0.3) is 16.5 Å². The number of H-pyrrole nitrogens is 1. The number of anilines is 2. The maximum absolute atomic E-state index is 6.44.